The zero-order chi connectivity index (χ0) is 22.9. The standard InChI is InChI=1S/C23H18I2N2O4S/c24-15-5-3-7-17(11-15)26-21(28)13-31-23(30)19-9-1-2-10-20(19)32-14-22(29)27-18-8-4-6-16(25)12-18/h1-12H,13-14H2,(H,26,28)(H,27,29). The lowest BCUT2D eigenvalue weighted by atomic mass is 10.2. The van der Waals surface area contributed by atoms with Crippen LogP contribution in [0.3, 0.4) is 0 Å². The summed E-state index contributed by atoms with van der Waals surface area (Å²) in [7, 11) is 0. The van der Waals surface area contributed by atoms with Gasteiger partial charge in [0, 0.05) is 23.4 Å². The fourth-order valence-corrected chi connectivity index (χ4v) is 4.57. The number of carbonyl (C=O) groups excluding carboxylic acids is 3. The second-order valence-corrected chi connectivity index (χ2v) is 9.99. The largest absolute Gasteiger partial charge is 0.452 e. The zero-order valence-electron chi connectivity index (χ0n) is 16.6. The quantitative estimate of drug-likeness (QED) is 0.190. The Kier molecular flexibility index (Phi) is 9.36. The minimum absolute atomic E-state index is 0.128. The molecule has 9 heteroatoms. The molecule has 0 saturated heterocycles. The van der Waals surface area contributed by atoms with Crippen molar-refractivity contribution in [2.45, 2.75) is 4.90 Å². The average molecular weight is 672 g/mol. The van der Waals surface area contributed by atoms with E-state index < -0.39 is 18.5 Å². The molecule has 3 aromatic carbocycles. The van der Waals surface area contributed by atoms with Crippen molar-refractivity contribution >= 4 is 86.1 Å². The molecular weight excluding hydrogens is 654 g/mol. The first-order valence-electron chi connectivity index (χ1n) is 9.40. The van der Waals surface area contributed by atoms with Crippen molar-refractivity contribution in [3.8, 4) is 0 Å². The summed E-state index contributed by atoms with van der Waals surface area (Å²) in [6, 6.07) is 21.6. The predicted molar refractivity (Wildman–Crippen MR) is 143 cm³/mol. The average Bonchev–Trinajstić information content (AvgIpc) is 2.76. The van der Waals surface area contributed by atoms with Crippen LogP contribution in [0.1, 0.15) is 10.4 Å². The van der Waals surface area contributed by atoms with Gasteiger partial charge in [-0.1, -0.05) is 24.3 Å². The molecule has 0 aliphatic rings. The highest BCUT2D eigenvalue weighted by atomic mass is 127. The molecule has 0 bridgehead atoms. The first-order valence-corrected chi connectivity index (χ1v) is 12.5. The first-order chi connectivity index (χ1) is 15.4. The summed E-state index contributed by atoms with van der Waals surface area (Å²) in [5.74, 6) is -1.11. The van der Waals surface area contributed by atoms with Gasteiger partial charge in [0.15, 0.2) is 6.61 Å². The number of anilines is 2. The molecule has 0 aliphatic heterocycles. The van der Waals surface area contributed by atoms with Crippen LogP contribution >= 0.6 is 56.9 Å². The summed E-state index contributed by atoms with van der Waals surface area (Å²) in [5, 5.41) is 5.53. The van der Waals surface area contributed by atoms with Gasteiger partial charge in [-0.2, -0.15) is 0 Å². The van der Waals surface area contributed by atoms with Gasteiger partial charge >= 0.3 is 5.97 Å². The Morgan fingerprint density at radius 2 is 1.38 bits per heavy atom. The maximum Gasteiger partial charge on any atom is 0.339 e. The van der Waals surface area contributed by atoms with Crippen LogP contribution in [0.2, 0.25) is 0 Å². The van der Waals surface area contributed by atoms with Crippen LogP contribution in [0.15, 0.2) is 77.7 Å². The van der Waals surface area contributed by atoms with Crippen molar-refractivity contribution in [2.75, 3.05) is 23.0 Å². The summed E-state index contributed by atoms with van der Waals surface area (Å²) in [4.78, 5) is 37.5. The summed E-state index contributed by atoms with van der Waals surface area (Å²) >= 11 is 5.55. The molecule has 0 spiro atoms. The summed E-state index contributed by atoms with van der Waals surface area (Å²) < 4.78 is 7.18. The number of benzene rings is 3. The number of esters is 1. The lowest BCUT2D eigenvalue weighted by Gasteiger charge is -2.10. The maximum atomic E-state index is 12.5. The third-order valence-corrected chi connectivity index (χ3v) is 6.43. The van der Waals surface area contributed by atoms with E-state index in [1.807, 2.05) is 42.5 Å². The molecule has 0 unspecified atom stereocenters. The van der Waals surface area contributed by atoms with E-state index in [9.17, 15) is 14.4 Å². The molecule has 3 rings (SSSR count). The number of rotatable bonds is 8. The van der Waals surface area contributed by atoms with Gasteiger partial charge in [-0.3, -0.25) is 9.59 Å². The lowest BCUT2D eigenvalue weighted by molar-refractivity contribution is -0.119. The Morgan fingerprint density at radius 1 is 0.781 bits per heavy atom. The molecule has 0 heterocycles. The van der Waals surface area contributed by atoms with Crippen LogP contribution in [0.5, 0.6) is 0 Å². The zero-order valence-corrected chi connectivity index (χ0v) is 21.8. The van der Waals surface area contributed by atoms with Crippen molar-refractivity contribution < 1.29 is 19.1 Å². The van der Waals surface area contributed by atoms with E-state index in [-0.39, 0.29) is 11.7 Å². The topological polar surface area (TPSA) is 84.5 Å². The van der Waals surface area contributed by atoms with Gasteiger partial charge in [0.05, 0.1) is 11.3 Å². The molecule has 0 fully saturated rings. The van der Waals surface area contributed by atoms with E-state index in [0.29, 0.717) is 21.8 Å². The van der Waals surface area contributed by atoms with E-state index in [1.54, 1.807) is 30.3 Å². The maximum absolute atomic E-state index is 12.5. The van der Waals surface area contributed by atoms with E-state index in [1.165, 1.54) is 11.8 Å². The minimum Gasteiger partial charge on any atom is -0.452 e. The summed E-state index contributed by atoms with van der Waals surface area (Å²) in [6.07, 6.45) is 0. The molecule has 164 valence electrons. The Bertz CT molecular complexity index is 1140. The van der Waals surface area contributed by atoms with Crippen molar-refractivity contribution in [3.05, 3.63) is 85.5 Å². The molecule has 0 aromatic heterocycles. The van der Waals surface area contributed by atoms with Crippen LogP contribution in [-0.4, -0.2) is 30.1 Å². The molecule has 0 atom stereocenters. The van der Waals surface area contributed by atoms with Gasteiger partial charge in [0.25, 0.3) is 5.91 Å². The number of nitrogens with one attached hydrogen (secondary N) is 2. The number of ether oxygens (including phenoxy) is 1. The third-order valence-electron chi connectivity index (χ3n) is 4.02. The summed E-state index contributed by atoms with van der Waals surface area (Å²) in [5.41, 5.74) is 1.66. The van der Waals surface area contributed by atoms with Crippen molar-refractivity contribution in [1.82, 2.24) is 0 Å². The van der Waals surface area contributed by atoms with Crippen LogP contribution in [0.4, 0.5) is 11.4 Å². The van der Waals surface area contributed by atoms with Crippen molar-refractivity contribution in [3.63, 3.8) is 0 Å². The molecular formula is C23H18I2N2O4S. The van der Waals surface area contributed by atoms with E-state index >= 15 is 0 Å². The fraction of sp³-hybridized carbons (Fsp3) is 0.0870. The number of carbonyl (C=O) groups is 3. The third kappa shape index (κ3) is 7.78. The Hall–Kier alpha value is -2.12. The number of hydrogen-bond acceptors (Lipinski definition) is 5. The van der Waals surface area contributed by atoms with Gasteiger partial charge in [-0.25, -0.2) is 4.79 Å². The van der Waals surface area contributed by atoms with E-state index in [4.69, 9.17) is 4.74 Å². The first kappa shape index (κ1) is 24.5. The van der Waals surface area contributed by atoms with Crippen molar-refractivity contribution in [1.29, 1.82) is 0 Å². The Morgan fingerprint density at radius 3 is 2.00 bits per heavy atom. The van der Waals surface area contributed by atoms with Crippen LogP contribution in [-0.2, 0) is 14.3 Å². The van der Waals surface area contributed by atoms with Gasteiger partial charge in [-0.15, -0.1) is 11.8 Å². The number of halogens is 2. The number of thioether (sulfide) groups is 1. The van der Waals surface area contributed by atoms with Crippen molar-refractivity contribution in [2.24, 2.45) is 0 Å². The molecule has 0 aliphatic carbocycles. The highest BCUT2D eigenvalue weighted by Gasteiger charge is 2.16. The SMILES string of the molecule is O=C(COC(=O)c1ccccc1SCC(=O)Nc1cccc(I)c1)Nc1cccc(I)c1. The monoisotopic (exact) mass is 672 g/mol. The van der Waals surface area contributed by atoms with Crippen LogP contribution < -0.4 is 10.6 Å². The molecule has 0 radical (unpaired) electrons. The molecule has 6 nitrogen and oxygen atoms in total. The second-order valence-electron chi connectivity index (χ2n) is 6.48. The molecule has 2 N–H and O–H groups in total. The molecule has 3 aromatic rings. The van der Waals surface area contributed by atoms with Gasteiger partial charge in [0.2, 0.25) is 5.91 Å². The van der Waals surface area contributed by atoms with Crippen LogP contribution in [0.25, 0.3) is 0 Å². The molecule has 32 heavy (non-hydrogen) atoms. The fourth-order valence-electron chi connectivity index (χ4n) is 2.64. The minimum atomic E-state index is -0.621. The van der Waals surface area contributed by atoms with Crippen LogP contribution in [0, 0.1) is 7.14 Å². The normalized spacial score (nSPS) is 10.3. The number of amides is 2. The lowest BCUT2D eigenvalue weighted by Crippen LogP contribution is -2.21. The van der Waals surface area contributed by atoms with E-state index in [0.717, 1.165) is 7.14 Å². The van der Waals surface area contributed by atoms with Gasteiger partial charge in [0.1, 0.15) is 0 Å². The highest BCUT2D eigenvalue weighted by Crippen LogP contribution is 2.24. The van der Waals surface area contributed by atoms with E-state index in [2.05, 4.69) is 55.8 Å². The van der Waals surface area contributed by atoms with Gasteiger partial charge in [-0.05, 0) is 93.7 Å². The smallest absolute Gasteiger partial charge is 0.339 e. The second kappa shape index (κ2) is 12.2. The number of hydrogen-bond donors (Lipinski definition) is 2. The Labute approximate surface area is 217 Å². The highest BCUT2D eigenvalue weighted by molar-refractivity contribution is 14.1. The predicted octanol–water partition coefficient (Wildman–Crippen LogP) is 5.42. The molecule has 0 saturated carbocycles. The Balaban J connectivity index is 1.53. The summed E-state index contributed by atoms with van der Waals surface area (Å²) in [6.45, 7) is -0.406. The molecule has 2 amide bonds. The van der Waals surface area contributed by atoms with Gasteiger partial charge < -0.3 is 15.4 Å².